The van der Waals surface area contributed by atoms with Gasteiger partial charge in [-0.1, -0.05) is 24.0 Å². The minimum atomic E-state index is 0. The Morgan fingerprint density at radius 3 is 2.04 bits per heavy atom. The molecule has 0 atom stereocenters. The second-order valence-corrected chi connectivity index (χ2v) is 11.1. The fourth-order valence-electron chi connectivity index (χ4n) is 5.22. The topological polar surface area (TPSA) is 55.6 Å². The van der Waals surface area contributed by atoms with Gasteiger partial charge in [-0.25, -0.2) is 18.2 Å². The number of nitrogens with zero attached hydrogens (tertiary/aromatic N) is 5. The van der Waals surface area contributed by atoms with Crippen LogP contribution in [0.5, 0.6) is 23.0 Å². The van der Waals surface area contributed by atoms with E-state index >= 15 is 0 Å². The van der Waals surface area contributed by atoms with Crippen LogP contribution in [0.4, 0.5) is 5.69 Å². The summed E-state index contributed by atoms with van der Waals surface area (Å²) in [6.07, 6.45) is 17.5. The molecule has 7 nitrogen and oxygen atoms in total. The smallest absolute Gasteiger partial charge is 0.669 e. The Morgan fingerprint density at radius 1 is 0.698 bits per heavy atom. The molecule has 8 rings (SSSR count). The first-order valence-electron chi connectivity index (χ1n) is 15.9. The molecule has 0 N–H and O–H groups in total. The molecular weight excluding hydrogens is 1020 g/mol. The summed E-state index contributed by atoms with van der Waals surface area (Å²) in [7, 11) is 1.98. The first kappa shape index (κ1) is 38.6. The monoisotopic (exact) mass is 1050 g/mol. The molecule has 7 aromatic rings. The maximum atomic E-state index is 6.57. The Kier molecular flexibility index (Phi) is 13.6. The second kappa shape index (κ2) is 18.7. The third-order valence-corrected chi connectivity index (χ3v) is 7.53. The van der Waals surface area contributed by atoms with E-state index in [2.05, 4.69) is 41.4 Å². The van der Waals surface area contributed by atoms with Crippen LogP contribution in [0.2, 0.25) is 0 Å². The van der Waals surface area contributed by atoms with E-state index in [-0.39, 0.29) is 42.1 Å². The minimum absolute atomic E-state index is 0. The third kappa shape index (κ3) is 9.81. The molecule has 0 bridgehead atoms. The van der Waals surface area contributed by atoms with Crippen molar-refractivity contribution in [3.8, 4) is 62.7 Å². The van der Waals surface area contributed by atoms with E-state index in [1.165, 1.54) is 0 Å². The maximum absolute atomic E-state index is 6.57. The Labute approximate surface area is 339 Å². The molecule has 0 fully saturated rings. The number of para-hydroxylation sites is 1. The zero-order valence-electron chi connectivity index (χ0n) is 28.1. The zero-order valence-corrected chi connectivity index (χ0v) is 32.7. The molecule has 3 aromatic heterocycles. The molecule has 0 radical (unpaired) electrons. The van der Waals surface area contributed by atoms with Crippen molar-refractivity contribution in [1.29, 1.82) is 0 Å². The number of aromatic nitrogens is 3. The van der Waals surface area contributed by atoms with Crippen LogP contribution in [-0.4, -0.2) is 26.5 Å². The van der Waals surface area contributed by atoms with Gasteiger partial charge in [0.2, 0.25) is 0 Å². The Balaban J connectivity index is 0.000000542. The van der Waals surface area contributed by atoms with Gasteiger partial charge in [0.25, 0.3) is 0 Å². The van der Waals surface area contributed by atoms with Gasteiger partial charge in [0.05, 0.1) is 0 Å². The Bertz CT molecular complexity index is 2290. The molecule has 0 amide bonds. The molecule has 53 heavy (non-hydrogen) atoms. The van der Waals surface area contributed by atoms with Crippen molar-refractivity contribution in [2.24, 2.45) is 0 Å². The quantitative estimate of drug-likeness (QED) is 0.112. The van der Waals surface area contributed by atoms with Crippen LogP contribution in [-0.2, 0) is 42.1 Å². The molecule has 4 heterocycles. The van der Waals surface area contributed by atoms with Gasteiger partial charge in [0, 0.05) is 62.7 Å². The summed E-state index contributed by atoms with van der Waals surface area (Å²) in [4.78, 5) is 13.4. The summed E-state index contributed by atoms with van der Waals surface area (Å²) in [6.45, 7) is 1.97. The fraction of sp³-hybridized carbons (Fsp3) is 0.0227. The number of pyridine rings is 2. The van der Waals surface area contributed by atoms with E-state index in [0.29, 0.717) is 28.7 Å². The van der Waals surface area contributed by atoms with E-state index < -0.39 is 0 Å². The second-order valence-electron chi connectivity index (χ2n) is 11.1. The van der Waals surface area contributed by atoms with Crippen LogP contribution in [0, 0.1) is 49.5 Å². The number of benzene rings is 4. The average Bonchev–Trinajstić information content (AvgIpc) is 3.88. The van der Waals surface area contributed by atoms with E-state index in [1.807, 2.05) is 145 Å². The average molecular weight is 1050 g/mol. The van der Waals surface area contributed by atoms with Crippen LogP contribution >= 0.6 is 0 Å². The summed E-state index contributed by atoms with van der Waals surface area (Å²) in [6, 6.07) is 53.0. The van der Waals surface area contributed by atoms with Gasteiger partial charge in [0.15, 0.2) is 0 Å². The predicted molar refractivity (Wildman–Crippen MR) is 196 cm³/mol. The molecule has 1 aliphatic rings. The van der Waals surface area contributed by atoms with Gasteiger partial charge in [0.1, 0.15) is 0 Å². The molecule has 1 aliphatic heterocycles. The zero-order chi connectivity index (χ0) is 34.8. The van der Waals surface area contributed by atoms with Crippen molar-refractivity contribution in [2.45, 2.75) is 0 Å². The molecular formula is C44H28N5O2Pt2-3. The molecule has 0 aliphatic carbocycles. The normalized spacial score (nSPS) is 11.3. The minimum Gasteiger partial charge on any atom is -0.669 e. The van der Waals surface area contributed by atoms with Crippen molar-refractivity contribution < 1.29 is 51.6 Å². The van der Waals surface area contributed by atoms with Crippen LogP contribution in [0.3, 0.4) is 0 Å². The van der Waals surface area contributed by atoms with Gasteiger partial charge in [-0.15, -0.1) is 65.8 Å². The van der Waals surface area contributed by atoms with Crippen molar-refractivity contribution in [3.05, 3.63) is 190 Å². The fourth-order valence-corrected chi connectivity index (χ4v) is 5.22. The first-order valence-corrected chi connectivity index (χ1v) is 15.9. The van der Waals surface area contributed by atoms with Gasteiger partial charge in [-0.05, 0) is 49.4 Å². The van der Waals surface area contributed by atoms with E-state index in [4.69, 9.17) is 20.9 Å². The largest absolute Gasteiger partial charge is 4.00 e. The molecule has 264 valence electrons. The van der Waals surface area contributed by atoms with Crippen molar-refractivity contribution in [2.75, 3.05) is 11.9 Å². The maximum Gasteiger partial charge on any atom is 4.00 e. The number of ether oxygens (including phenoxy) is 2. The number of anilines is 1. The number of hydrogen-bond donors (Lipinski definition) is 0. The molecule has 9 heteroatoms. The van der Waals surface area contributed by atoms with Crippen molar-refractivity contribution in [3.63, 3.8) is 0 Å². The summed E-state index contributed by atoms with van der Waals surface area (Å²) in [5.41, 5.74) is 5.44. The van der Waals surface area contributed by atoms with Gasteiger partial charge in [-0.2, -0.15) is 48.6 Å². The molecule has 0 unspecified atom stereocenters. The van der Waals surface area contributed by atoms with E-state index in [0.717, 1.165) is 33.6 Å². The standard InChI is InChI=1S/C38H24N4O2.C6H4N.2Pt/c1-41-22-23-42(27-41)30-12-9-17-34(26-30)44-33-16-8-11-29(25-33)38-37(36-18-5-6-20-39-36)35(19-21-40-38)28-10-7-15-32(24-28)43-31-13-3-2-4-14-31;1-2-7-5-3-4-6-7;;/h2-13,15-18,20-23,27H,1H3;3-6H;;/q-6;-1;;+4. The molecule has 4 aromatic carbocycles. The SMILES string of the molecule is CN1C=CN(c2[c-]c(Oc3[c-]c(-c4nc[c-]c(-c5[c-]c(Oc6[c-]cccc6)ccc5)c4-c4ccccn4)ccc3)ccc2)[CH-]1.[C-]#Cn1cccc1.[Pt+4].[Pt]. The van der Waals surface area contributed by atoms with Crippen molar-refractivity contribution >= 4 is 5.69 Å². The van der Waals surface area contributed by atoms with E-state index in [1.54, 1.807) is 29.4 Å². The molecule has 0 saturated carbocycles. The Hall–Kier alpha value is -5.66. The Morgan fingerprint density at radius 2 is 1.38 bits per heavy atom. The van der Waals surface area contributed by atoms with Gasteiger partial charge < -0.3 is 35.2 Å². The summed E-state index contributed by atoms with van der Waals surface area (Å²) >= 11 is 0. The van der Waals surface area contributed by atoms with Crippen LogP contribution in [0.1, 0.15) is 0 Å². The first-order chi connectivity index (χ1) is 25.1. The number of rotatable bonds is 8. The molecule has 0 spiro atoms. The van der Waals surface area contributed by atoms with Crippen LogP contribution < -0.4 is 14.4 Å². The predicted octanol–water partition coefficient (Wildman–Crippen LogP) is 9.28. The van der Waals surface area contributed by atoms with Crippen LogP contribution in [0.15, 0.2) is 146 Å². The van der Waals surface area contributed by atoms with Gasteiger partial charge >= 0.3 is 21.1 Å². The van der Waals surface area contributed by atoms with Crippen LogP contribution in [0.25, 0.3) is 33.6 Å². The van der Waals surface area contributed by atoms with Crippen molar-refractivity contribution in [1.82, 2.24) is 19.4 Å². The summed E-state index contributed by atoms with van der Waals surface area (Å²) in [5.74, 6) is 2.30. The number of hydrogen-bond acceptors (Lipinski definition) is 6. The molecule has 0 saturated heterocycles. The summed E-state index contributed by atoms with van der Waals surface area (Å²) < 4.78 is 13.8. The summed E-state index contributed by atoms with van der Waals surface area (Å²) in [5, 5.41) is 0. The van der Waals surface area contributed by atoms with E-state index in [9.17, 15) is 0 Å². The third-order valence-electron chi connectivity index (χ3n) is 7.53. The van der Waals surface area contributed by atoms with Gasteiger partial charge in [-0.3, -0.25) is 16.1 Å².